The van der Waals surface area contributed by atoms with E-state index in [9.17, 15) is 9.59 Å². The standard InChI is InChI=1S/C28H38N4O8/c1-35-21-15-13-19(25(37-3)27(21)39-5)17-29-31-23(33)11-9-7-8-10-12-24(34)32-30-18-20-14-16-22(36-2)28(40-6)26(20)38-4/h13-18H,7-12H2,1-6H3,(H,31,33)(H,32,34). The molecule has 0 atom stereocenters. The Bertz CT molecular complexity index is 1090. The summed E-state index contributed by atoms with van der Waals surface area (Å²) in [5, 5.41) is 8.02. The zero-order valence-corrected chi connectivity index (χ0v) is 23.9. The second kappa shape index (κ2) is 17.2. The van der Waals surface area contributed by atoms with Crippen molar-refractivity contribution in [2.75, 3.05) is 42.7 Å². The van der Waals surface area contributed by atoms with Gasteiger partial charge in [-0.3, -0.25) is 9.59 Å². The summed E-state index contributed by atoms with van der Waals surface area (Å²) in [4.78, 5) is 24.2. The second-order valence-electron chi connectivity index (χ2n) is 8.35. The number of unbranched alkanes of at least 4 members (excludes halogenated alkanes) is 3. The van der Waals surface area contributed by atoms with Gasteiger partial charge in [0.05, 0.1) is 55.1 Å². The summed E-state index contributed by atoms with van der Waals surface area (Å²) in [7, 11) is 9.14. The van der Waals surface area contributed by atoms with Crippen molar-refractivity contribution in [3.05, 3.63) is 35.4 Å². The number of rotatable bonds is 17. The van der Waals surface area contributed by atoms with Gasteiger partial charge in [0, 0.05) is 24.0 Å². The van der Waals surface area contributed by atoms with Gasteiger partial charge < -0.3 is 28.4 Å². The molecule has 2 aromatic carbocycles. The van der Waals surface area contributed by atoms with E-state index < -0.39 is 0 Å². The minimum Gasteiger partial charge on any atom is -0.493 e. The van der Waals surface area contributed by atoms with Gasteiger partial charge in [-0.15, -0.1) is 0 Å². The molecule has 2 N–H and O–H groups in total. The molecule has 2 amide bonds. The van der Waals surface area contributed by atoms with Gasteiger partial charge in [0.2, 0.25) is 23.3 Å². The zero-order chi connectivity index (χ0) is 29.3. The van der Waals surface area contributed by atoms with E-state index in [1.165, 1.54) is 55.1 Å². The van der Waals surface area contributed by atoms with Crippen LogP contribution in [0.3, 0.4) is 0 Å². The fourth-order valence-corrected chi connectivity index (χ4v) is 3.84. The Morgan fingerprint density at radius 2 is 0.950 bits per heavy atom. The van der Waals surface area contributed by atoms with Crippen LogP contribution in [0, 0.1) is 0 Å². The number of ether oxygens (including phenoxy) is 6. The van der Waals surface area contributed by atoms with E-state index in [2.05, 4.69) is 21.1 Å². The molecule has 0 spiro atoms. The Hall–Kier alpha value is -4.48. The van der Waals surface area contributed by atoms with Crippen LogP contribution in [0.15, 0.2) is 34.5 Å². The number of benzene rings is 2. The molecule has 0 aliphatic rings. The smallest absolute Gasteiger partial charge is 0.240 e. The van der Waals surface area contributed by atoms with E-state index in [0.29, 0.717) is 71.3 Å². The lowest BCUT2D eigenvalue weighted by atomic mass is 10.1. The highest BCUT2D eigenvalue weighted by molar-refractivity contribution is 5.88. The summed E-state index contributed by atoms with van der Waals surface area (Å²) in [5.74, 6) is 2.45. The van der Waals surface area contributed by atoms with Crippen LogP contribution in [0.2, 0.25) is 0 Å². The number of hydrogen-bond acceptors (Lipinski definition) is 10. The number of amides is 2. The molecular formula is C28H38N4O8. The molecule has 0 aromatic heterocycles. The van der Waals surface area contributed by atoms with E-state index in [4.69, 9.17) is 28.4 Å². The highest BCUT2D eigenvalue weighted by Crippen LogP contribution is 2.39. The first-order valence-corrected chi connectivity index (χ1v) is 12.7. The molecule has 218 valence electrons. The molecule has 0 fully saturated rings. The number of methoxy groups -OCH3 is 6. The van der Waals surface area contributed by atoms with Crippen LogP contribution in [0.5, 0.6) is 34.5 Å². The highest BCUT2D eigenvalue weighted by Gasteiger charge is 2.15. The minimum atomic E-state index is -0.201. The number of carbonyl (C=O) groups excluding carboxylic acids is 2. The molecule has 0 bridgehead atoms. The minimum absolute atomic E-state index is 0.201. The fraction of sp³-hybridized carbons (Fsp3) is 0.429. The number of hydrogen-bond donors (Lipinski definition) is 2. The quantitative estimate of drug-likeness (QED) is 0.170. The Morgan fingerprint density at radius 3 is 1.27 bits per heavy atom. The third-order valence-electron chi connectivity index (χ3n) is 5.81. The van der Waals surface area contributed by atoms with Crippen molar-refractivity contribution in [1.29, 1.82) is 0 Å². The van der Waals surface area contributed by atoms with E-state index >= 15 is 0 Å². The average molecular weight is 559 g/mol. The van der Waals surface area contributed by atoms with Crippen molar-refractivity contribution in [1.82, 2.24) is 10.9 Å². The van der Waals surface area contributed by atoms with Crippen molar-refractivity contribution < 1.29 is 38.0 Å². The molecule has 0 saturated heterocycles. The first kappa shape index (κ1) is 31.7. The van der Waals surface area contributed by atoms with Gasteiger partial charge >= 0.3 is 0 Å². The van der Waals surface area contributed by atoms with Crippen molar-refractivity contribution in [3.8, 4) is 34.5 Å². The Morgan fingerprint density at radius 1 is 0.575 bits per heavy atom. The normalized spacial score (nSPS) is 10.8. The van der Waals surface area contributed by atoms with Gasteiger partial charge in [0.25, 0.3) is 0 Å². The molecule has 12 nitrogen and oxygen atoms in total. The van der Waals surface area contributed by atoms with Crippen molar-refractivity contribution in [3.63, 3.8) is 0 Å². The molecule has 0 saturated carbocycles. The maximum atomic E-state index is 12.1. The molecule has 2 rings (SSSR count). The molecule has 0 aliphatic heterocycles. The molecular weight excluding hydrogens is 520 g/mol. The highest BCUT2D eigenvalue weighted by atomic mass is 16.5. The topological polar surface area (TPSA) is 138 Å². The zero-order valence-electron chi connectivity index (χ0n) is 23.9. The largest absolute Gasteiger partial charge is 0.493 e. The molecule has 12 heteroatoms. The van der Waals surface area contributed by atoms with Gasteiger partial charge in [0.1, 0.15) is 0 Å². The predicted octanol–water partition coefficient (Wildman–Crippen LogP) is 3.68. The van der Waals surface area contributed by atoms with Crippen LogP contribution in [0.1, 0.15) is 49.7 Å². The van der Waals surface area contributed by atoms with Crippen LogP contribution >= 0.6 is 0 Å². The van der Waals surface area contributed by atoms with Crippen LogP contribution in [-0.4, -0.2) is 66.9 Å². The molecule has 0 aliphatic carbocycles. The van der Waals surface area contributed by atoms with Crippen LogP contribution in [-0.2, 0) is 9.59 Å². The van der Waals surface area contributed by atoms with Gasteiger partial charge in [-0.05, 0) is 37.1 Å². The molecule has 40 heavy (non-hydrogen) atoms. The number of hydrazone groups is 2. The van der Waals surface area contributed by atoms with Crippen molar-refractivity contribution in [2.45, 2.75) is 38.5 Å². The molecule has 0 unspecified atom stereocenters. The third-order valence-corrected chi connectivity index (χ3v) is 5.81. The van der Waals surface area contributed by atoms with Crippen LogP contribution in [0.4, 0.5) is 0 Å². The van der Waals surface area contributed by atoms with E-state index in [1.807, 2.05) is 0 Å². The summed E-state index contributed by atoms with van der Waals surface area (Å²) in [6.45, 7) is 0. The summed E-state index contributed by atoms with van der Waals surface area (Å²) in [6.07, 6.45) is 6.59. The maximum absolute atomic E-state index is 12.1. The monoisotopic (exact) mass is 558 g/mol. The van der Waals surface area contributed by atoms with Crippen LogP contribution < -0.4 is 39.3 Å². The van der Waals surface area contributed by atoms with E-state index in [-0.39, 0.29) is 11.8 Å². The van der Waals surface area contributed by atoms with E-state index in [1.54, 1.807) is 24.3 Å². The fourth-order valence-electron chi connectivity index (χ4n) is 3.84. The van der Waals surface area contributed by atoms with Gasteiger partial charge in [0.15, 0.2) is 23.0 Å². The number of nitrogens with zero attached hydrogens (tertiary/aromatic N) is 2. The lowest BCUT2D eigenvalue weighted by Crippen LogP contribution is -2.17. The SMILES string of the molecule is COc1ccc(C=NNC(=O)CCCCCCC(=O)NN=Cc2ccc(OC)c(OC)c2OC)c(OC)c1OC. The Kier molecular flexibility index (Phi) is 13.6. The summed E-state index contributed by atoms with van der Waals surface area (Å²) in [5.41, 5.74) is 6.29. The number of nitrogens with one attached hydrogen (secondary N) is 2. The third kappa shape index (κ3) is 9.07. The first-order chi connectivity index (χ1) is 19.4. The maximum Gasteiger partial charge on any atom is 0.240 e. The van der Waals surface area contributed by atoms with Crippen molar-refractivity contribution in [2.24, 2.45) is 10.2 Å². The summed E-state index contributed by atoms with van der Waals surface area (Å²) in [6, 6.07) is 6.97. The molecule has 0 heterocycles. The first-order valence-electron chi connectivity index (χ1n) is 12.7. The predicted molar refractivity (Wildman–Crippen MR) is 151 cm³/mol. The lowest BCUT2D eigenvalue weighted by Gasteiger charge is -2.13. The van der Waals surface area contributed by atoms with Crippen LogP contribution in [0.25, 0.3) is 0 Å². The van der Waals surface area contributed by atoms with Crippen molar-refractivity contribution >= 4 is 24.2 Å². The van der Waals surface area contributed by atoms with Gasteiger partial charge in [-0.25, -0.2) is 10.9 Å². The molecule has 2 aromatic rings. The summed E-state index contributed by atoms with van der Waals surface area (Å²) >= 11 is 0. The van der Waals surface area contributed by atoms with E-state index in [0.717, 1.165) is 12.8 Å². The number of carbonyl (C=O) groups is 2. The average Bonchev–Trinajstić information content (AvgIpc) is 2.97. The van der Waals surface area contributed by atoms with Gasteiger partial charge in [-0.1, -0.05) is 12.8 Å². The molecule has 0 radical (unpaired) electrons. The lowest BCUT2D eigenvalue weighted by molar-refractivity contribution is -0.122. The summed E-state index contributed by atoms with van der Waals surface area (Å²) < 4.78 is 32.0. The van der Waals surface area contributed by atoms with Gasteiger partial charge in [-0.2, -0.15) is 10.2 Å². The second-order valence-corrected chi connectivity index (χ2v) is 8.35. The Balaban J connectivity index is 1.69. The Labute approximate surface area is 234 Å².